The van der Waals surface area contributed by atoms with Gasteiger partial charge in [-0.15, -0.1) is 0 Å². The van der Waals surface area contributed by atoms with Gasteiger partial charge >= 0.3 is 0 Å². The SMILES string of the molecule is COc1nc(-c2ccc(C#N)cc2)c(-c2ccc(Cl)cc2)n2ccnc12. The Balaban J connectivity index is 2.05. The van der Waals surface area contributed by atoms with Crippen molar-refractivity contribution in [3.8, 4) is 34.5 Å². The highest BCUT2D eigenvalue weighted by atomic mass is 35.5. The number of nitrogens with zero attached hydrogens (tertiary/aromatic N) is 4. The minimum Gasteiger partial charge on any atom is -0.478 e. The molecular formula is C20H13ClN4O. The van der Waals surface area contributed by atoms with E-state index in [4.69, 9.17) is 26.6 Å². The Morgan fingerprint density at radius 3 is 2.38 bits per heavy atom. The van der Waals surface area contributed by atoms with Crippen molar-refractivity contribution in [1.29, 1.82) is 5.26 Å². The maximum absolute atomic E-state index is 9.04. The van der Waals surface area contributed by atoms with Gasteiger partial charge in [-0.1, -0.05) is 35.9 Å². The number of imidazole rings is 1. The van der Waals surface area contributed by atoms with Crippen molar-refractivity contribution in [2.75, 3.05) is 7.11 Å². The molecule has 0 N–H and O–H groups in total. The van der Waals surface area contributed by atoms with Gasteiger partial charge in [0, 0.05) is 28.5 Å². The summed E-state index contributed by atoms with van der Waals surface area (Å²) in [6.07, 6.45) is 3.58. The number of methoxy groups -OCH3 is 1. The molecule has 0 aliphatic carbocycles. The molecule has 0 amide bonds. The Morgan fingerprint density at radius 2 is 1.73 bits per heavy atom. The molecule has 5 nitrogen and oxygen atoms in total. The van der Waals surface area contributed by atoms with Gasteiger partial charge in [0.1, 0.15) is 0 Å². The second-order valence-electron chi connectivity index (χ2n) is 5.64. The molecular weight excluding hydrogens is 348 g/mol. The molecule has 4 aromatic rings. The Kier molecular flexibility index (Phi) is 4.04. The minimum absolute atomic E-state index is 0.437. The molecule has 0 saturated carbocycles. The van der Waals surface area contributed by atoms with E-state index in [0.717, 1.165) is 22.5 Å². The van der Waals surface area contributed by atoms with Crippen LogP contribution in [-0.4, -0.2) is 21.5 Å². The summed E-state index contributed by atoms with van der Waals surface area (Å²) in [4.78, 5) is 9.06. The molecule has 0 saturated heterocycles. The normalized spacial score (nSPS) is 10.7. The lowest BCUT2D eigenvalue weighted by Gasteiger charge is -2.14. The largest absolute Gasteiger partial charge is 0.478 e. The van der Waals surface area contributed by atoms with E-state index in [0.29, 0.717) is 22.1 Å². The second kappa shape index (κ2) is 6.51. The lowest BCUT2D eigenvalue weighted by atomic mass is 10.0. The zero-order valence-corrected chi connectivity index (χ0v) is 14.6. The molecule has 6 heteroatoms. The quantitative estimate of drug-likeness (QED) is 0.535. The van der Waals surface area contributed by atoms with Gasteiger partial charge in [0.25, 0.3) is 5.88 Å². The Labute approximate surface area is 155 Å². The molecule has 0 aliphatic heterocycles. The summed E-state index contributed by atoms with van der Waals surface area (Å²) in [5.41, 5.74) is 4.67. The standard InChI is InChI=1S/C20H13ClN4O/c1-26-20-19-23-10-11-25(19)18(15-6-8-16(21)9-7-15)17(24-20)14-4-2-13(12-22)3-5-14/h2-11H,1H3. The average Bonchev–Trinajstić information content (AvgIpc) is 3.17. The molecule has 2 heterocycles. The third kappa shape index (κ3) is 2.67. The first-order valence-corrected chi connectivity index (χ1v) is 8.26. The fraction of sp³-hybridized carbons (Fsp3) is 0.0500. The van der Waals surface area contributed by atoms with Crippen LogP contribution in [0.2, 0.25) is 5.02 Å². The molecule has 4 rings (SSSR count). The highest BCUT2D eigenvalue weighted by molar-refractivity contribution is 6.30. The third-order valence-corrected chi connectivity index (χ3v) is 4.36. The number of hydrogen-bond donors (Lipinski definition) is 0. The van der Waals surface area contributed by atoms with E-state index in [1.807, 2.05) is 47.0 Å². The summed E-state index contributed by atoms with van der Waals surface area (Å²) in [5.74, 6) is 0.437. The summed E-state index contributed by atoms with van der Waals surface area (Å²) >= 11 is 6.05. The number of nitriles is 1. The van der Waals surface area contributed by atoms with Crippen LogP contribution in [0.4, 0.5) is 0 Å². The highest BCUT2D eigenvalue weighted by Crippen LogP contribution is 2.34. The number of aromatic nitrogens is 3. The van der Waals surface area contributed by atoms with Crippen molar-refractivity contribution in [3.63, 3.8) is 0 Å². The number of rotatable bonds is 3. The number of halogens is 1. The van der Waals surface area contributed by atoms with E-state index in [-0.39, 0.29) is 0 Å². The van der Waals surface area contributed by atoms with Crippen molar-refractivity contribution >= 4 is 17.2 Å². The van der Waals surface area contributed by atoms with Gasteiger partial charge < -0.3 is 4.74 Å². The zero-order valence-electron chi connectivity index (χ0n) is 13.8. The van der Waals surface area contributed by atoms with E-state index >= 15 is 0 Å². The van der Waals surface area contributed by atoms with Crippen LogP contribution < -0.4 is 4.74 Å². The van der Waals surface area contributed by atoms with Crippen LogP contribution in [-0.2, 0) is 0 Å². The summed E-state index contributed by atoms with van der Waals surface area (Å²) < 4.78 is 7.38. The van der Waals surface area contributed by atoms with Crippen molar-refractivity contribution in [1.82, 2.24) is 14.4 Å². The van der Waals surface area contributed by atoms with Gasteiger partial charge in [0.05, 0.1) is 30.1 Å². The number of fused-ring (bicyclic) bond motifs is 1. The molecule has 0 fully saturated rings. The highest BCUT2D eigenvalue weighted by Gasteiger charge is 2.18. The molecule has 126 valence electrons. The van der Waals surface area contributed by atoms with Crippen LogP contribution in [0.1, 0.15) is 5.56 Å². The molecule has 2 aromatic carbocycles. The number of hydrogen-bond acceptors (Lipinski definition) is 4. The first-order valence-electron chi connectivity index (χ1n) is 7.89. The molecule has 0 bridgehead atoms. The minimum atomic E-state index is 0.437. The van der Waals surface area contributed by atoms with Crippen molar-refractivity contribution < 1.29 is 4.74 Å². The maximum atomic E-state index is 9.04. The fourth-order valence-electron chi connectivity index (χ4n) is 2.89. The fourth-order valence-corrected chi connectivity index (χ4v) is 3.01. The molecule has 0 aliphatic rings. The molecule has 0 unspecified atom stereocenters. The summed E-state index contributed by atoms with van der Waals surface area (Å²) in [7, 11) is 1.57. The first kappa shape index (κ1) is 16.1. The van der Waals surface area contributed by atoms with Crippen LogP contribution >= 0.6 is 11.6 Å². The average molecular weight is 361 g/mol. The van der Waals surface area contributed by atoms with Gasteiger partial charge in [-0.25, -0.2) is 9.97 Å². The predicted molar refractivity (Wildman–Crippen MR) is 100 cm³/mol. The smallest absolute Gasteiger partial charge is 0.258 e. The third-order valence-electron chi connectivity index (χ3n) is 4.11. The van der Waals surface area contributed by atoms with Gasteiger partial charge in [-0.3, -0.25) is 4.40 Å². The van der Waals surface area contributed by atoms with E-state index in [2.05, 4.69) is 11.1 Å². The van der Waals surface area contributed by atoms with E-state index < -0.39 is 0 Å². The van der Waals surface area contributed by atoms with Crippen LogP contribution in [0.3, 0.4) is 0 Å². The maximum Gasteiger partial charge on any atom is 0.258 e. The van der Waals surface area contributed by atoms with Crippen molar-refractivity contribution in [2.24, 2.45) is 0 Å². The summed E-state index contributed by atoms with van der Waals surface area (Å²) in [6, 6.07) is 17.0. The molecule has 0 spiro atoms. The van der Waals surface area contributed by atoms with E-state index in [9.17, 15) is 0 Å². The van der Waals surface area contributed by atoms with Gasteiger partial charge in [0.15, 0.2) is 0 Å². The Hall–Kier alpha value is -3.36. The van der Waals surface area contributed by atoms with E-state index in [1.165, 1.54) is 0 Å². The summed E-state index contributed by atoms with van der Waals surface area (Å²) in [5, 5.41) is 9.71. The van der Waals surface area contributed by atoms with Gasteiger partial charge in [-0.05, 0) is 24.3 Å². The van der Waals surface area contributed by atoms with Crippen LogP contribution in [0.15, 0.2) is 60.9 Å². The Morgan fingerprint density at radius 1 is 1.04 bits per heavy atom. The van der Waals surface area contributed by atoms with Gasteiger partial charge in [-0.2, -0.15) is 5.26 Å². The second-order valence-corrected chi connectivity index (χ2v) is 6.07. The molecule has 26 heavy (non-hydrogen) atoms. The number of benzene rings is 2. The van der Waals surface area contributed by atoms with Crippen molar-refractivity contribution in [2.45, 2.75) is 0 Å². The lowest BCUT2D eigenvalue weighted by Crippen LogP contribution is -2.02. The van der Waals surface area contributed by atoms with Crippen LogP contribution in [0.25, 0.3) is 28.2 Å². The van der Waals surface area contributed by atoms with Crippen molar-refractivity contribution in [3.05, 3.63) is 71.5 Å². The van der Waals surface area contributed by atoms with E-state index in [1.54, 1.807) is 25.4 Å². The van der Waals surface area contributed by atoms with Crippen LogP contribution in [0.5, 0.6) is 5.88 Å². The number of ether oxygens (including phenoxy) is 1. The zero-order chi connectivity index (χ0) is 18.1. The monoisotopic (exact) mass is 360 g/mol. The molecule has 2 aromatic heterocycles. The lowest BCUT2D eigenvalue weighted by molar-refractivity contribution is 0.401. The predicted octanol–water partition coefficient (Wildman–Crippen LogP) is 4.60. The van der Waals surface area contributed by atoms with Crippen LogP contribution in [0, 0.1) is 11.3 Å². The summed E-state index contributed by atoms with van der Waals surface area (Å²) in [6.45, 7) is 0. The molecule has 0 atom stereocenters. The Bertz CT molecular complexity index is 1130. The first-order chi connectivity index (χ1) is 12.7. The van der Waals surface area contributed by atoms with Gasteiger partial charge in [0.2, 0.25) is 5.65 Å². The molecule has 0 radical (unpaired) electrons. The topological polar surface area (TPSA) is 63.2 Å².